The fourth-order valence-corrected chi connectivity index (χ4v) is 1.39. The second-order valence-corrected chi connectivity index (χ2v) is 4.07. The fraction of sp³-hybridized carbons (Fsp3) is 0.273. The lowest BCUT2D eigenvalue weighted by Gasteiger charge is -2.24. The monoisotopic (exact) mass is 256 g/mol. The number of carboxylic acids is 1. The maximum Gasteiger partial charge on any atom is 0.324 e. The molecular weight excluding hydrogens is 244 g/mol. The Labute approximate surface area is 104 Å². The lowest BCUT2D eigenvalue weighted by molar-refractivity contribution is -0.135. The number of benzene rings is 1. The van der Waals surface area contributed by atoms with Crippen LogP contribution in [0.25, 0.3) is 0 Å². The van der Waals surface area contributed by atoms with Gasteiger partial charge in [-0.1, -0.05) is 11.6 Å². The molecule has 0 saturated carbocycles. The third-order valence-electron chi connectivity index (χ3n) is 2.05. The van der Waals surface area contributed by atoms with Crippen LogP contribution >= 0.6 is 11.6 Å². The number of nitrogens with zero attached hydrogens (tertiary/aromatic N) is 2. The Morgan fingerprint density at radius 1 is 1.24 bits per heavy atom. The third-order valence-corrected chi connectivity index (χ3v) is 2.30. The molecule has 17 heavy (non-hydrogen) atoms. The van der Waals surface area contributed by atoms with Crippen molar-refractivity contribution in [2.24, 2.45) is 0 Å². The van der Waals surface area contributed by atoms with Crippen molar-refractivity contribution in [2.75, 3.05) is 25.5 Å². The van der Waals surface area contributed by atoms with Gasteiger partial charge in [0.25, 0.3) is 0 Å². The van der Waals surface area contributed by atoms with E-state index in [1.54, 1.807) is 38.4 Å². The first-order chi connectivity index (χ1) is 7.91. The highest BCUT2D eigenvalue weighted by Crippen LogP contribution is 2.18. The van der Waals surface area contributed by atoms with Crippen LogP contribution in [0, 0.1) is 0 Å². The van der Waals surface area contributed by atoms with Gasteiger partial charge in [-0.3, -0.25) is 9.69 Å². The Morgan fingerprint density at radius 3 is 2.18 bits per heavy atom. The first kappa shape index (κ1) is 13.3. The van der Waals surface area contributed by atoms with Crippen molar-refractivity contribution in [1.29, 1.82) is 0 Å². The lowest BCUT2D eigenvalue weighted by Crippen LogP contribution is -2.42. The second kappa shape index (κ2) is 5.54. The third kappa shape index (κ3) is 3.64. The molecule has 2 amide bonds. The molecule has 0 spiro atoms. The van der Waals surface area contributed by atoms with Crippen LogP contribution in [0.4, 0.5) is 10.5 Å². The van der Waals surface area contributed by atoms with Crippen LogP contribution in [-0.2, 0) is 4.79 Å². The molecule has 0 bridgehead atoms. The molecule has 5 nitrogen and oxygen atoms in total. The first-order valence-corrected chi connectivity index (χ1v) is 5.26. The van der Waals surface area contributed by atoms with Gasteiger partial charge in [-0.25, -0.2) is 4.79 Å². The van der Waals surface area contributed by atoms with E-state index in [4.69, 9.17) is 16.7 Å². The van der Waals surface area contributed by atoms with Gasteiger partial charge >= 0.3 is 12.0 Å². The van der Waals surface area contributed by atoms with Gasteiger partial charge in [-0.2, -0.15) is 0 Å². The summed E-state index contributed by atoms with van der Waals surface area (Å²) in [5.41, 5.74) is 0.496. The van der Waals surface area contributed by atoms with Crippen molar-refractivity contribution in [3.05, 3.63) is 29.3 Å². The molecule has 0 radical (unpaired) electrons. The van der Waals surface area contributed by atoms with E-state index in [1.807, 2.05) is 0 Å². The van der Waals surface area contributed by atoms with Crippen LogP contribution in [0.2, 0.25) is 5.02 Å². The van der Waals surface area contributed by atoms with E-state index < -0.39 is 18.5 Å². The number of amides is 2. The summed E-state index contributed by atoms with van der Waals surface area (Å²) in [4.78, 5) is 25.0. The maximum absolute atomic E-state index is 11.8. The first-order valence-electron chi connectivity index (χ1n) is 4.88. The van der Waals surface area contributed by atoms with E-state index >= 15 is 0 Å². The standard InChI is InChI=1S/C11H13ClN2O3/c1-13(2)11(17)14(7-10(15)16)9-5-3-8(12)4-6-9/h3-6H,7H2,1-2H3,(H,15,16). The van der Waals surface area contributed by atoms with Gasteiger partial charge in [0.2, 0.25) is 0 Å². The molecule has 0 aliphatic rings. The Kier molecular flexibility index (Phi) is 4.34. The van der Waals surface area contributed by atoms with Crippen molar-refractivity contribution in [2.45, 2.75) is 0 Å². The summed E-state index contributed by atoms with van der Waals surface area (Å²) in [5, 5.41) is 9.32. The molecule has 0 aromatic heterocycles. The molecule has 1 N–H and O–H groups in total. The van der Waals surface area contributed by atoms with Crippen LogP contribution < -0.4 is 4.90 Å². The summed E-state index contributed by atoms with van der Waals surface area (Å²) in [7, 11) is 3.13. The SMILES string of the molecule is CN(C)C(=O)N(CC(=O)O)c1ccc(Cl)cc1. The summed E-state index contributed by atoms with van der Waals surface area (Å²) >= 11 is 5.73. The van der Waals surface area contributed by atoms with Crippen LogP contribution in [0.5, 0.6) is 0 Å². The predicted octanol–water partition coefficient (Wildman–Crippen LogP) is 1.91. The quantitative estimate of drug-likeness (QED) is 0.899. The average Bonchev–Trinajstić information content (AvgIpc) is 2.26. The number of anilines is 1. The molecule has 0 aliphatic carbocycles. The van der Waals surface area contributed by atoms with Gasteiger partial charge < -0.3 is 10.0 Å². The summed E-state index contributed by atoms with van der Waals surface area (Å²) in [6.07, 6.45) is 0. The molecule has 1 rings (SSSR count). The second-order valence-electron chi connectivity index (χ2n) is 3.63. The highest BCUT2D eigenvalue weighted by molar-refractivity contribution is 6.30. The van der Waals surface area contributed by atoms with E-state index in [-0.39, 0.29) is 0 Å². The zero-order chi connectivity index (χ0) is 13.0. The van der Waals surface area contributed by atoms with E-state index in [0.29, 0.717) is 10.7 Å². The van der Waals surface area contributed by atoms with Gasteiger partial charge in [-0.15, -0.1) is 0 Å². The van der Waals surface area contributed by atoms with Gasteiger partial charge in [0.05, 0.1) is 0 Å². The van der Waals surface area contributed by atoms with Crippen molar-refractivity contribution >= 4 is 29.3 Å². The molecule has 1 aromatic rings. The fourth-order valence-electron chi connectivity index (χ4n) is 1.27. The number of hydrogen-bond donors (Lipinski definition) is 1. The van der Waals surface area contributed by atoms with Gasteiger partial charge in [0, 0.05) is 24.8 Å². The number of halogens is 1. The van der Waals surface area contributed by atoms with Crippen molar-refractivity contribution in [1.82, 2.24) is 4.90 Å². The Morgan fingerprint density at radius 2 is 1.76 bits per heavy atom. The normalized spacial score (nSPS) is 9.82. The predicted molar refractivity (Wildman–Crippen MR) is 65.5 cm³/mol. The molecular formula is C11H13ClN2O3. The van der Waals surface area contributed by atoms with Crippen molar-refractivity contribution in [3.63, 3.8) is 0 Å². The largest absolute Gasteiger partial charge is 0.480 e. The van der Waals surface area contributed by atoms with E-state index in [0.717, 1.165) is 0 Å². The zero-order valence-electron chi connectivity index (χ0n) is 9.55. The molecule has 0 aliphatic heterocycles. The van der Waals surface area contributed by atoms with Crippen LogP contribution in [0.3, 0.4) is 0 Å². The summed E-state index contributed by atoms with van der Waals surface area (Å²) in [6, 6.07) is 6.03. The minimum atomic E-state index is -1.07. The summed E-state index contributed by atoms with van der Waals surface area (Å²) < 4.78 is 0. The molecule has 0 atom stereocenters. The smallest absolute Gasteiger partial charge is 0.324 e. The number of carboxylic acid groups (broad SMARTS) is 1. The zero-order valence-corrected chi connectivity index (χ0v) is 10.3. The summed E-state index contributed by atoms with van der Waals surface area (Å²) in [5.74, 6) is -1.07. The van der Waals surface area contributed by atoms with E-state index in [9.17, 15) is 9.59 Å². The number of carbonyl (C=O) groups is 2. The van der Waals surface area contributed by atoms with Crippen LogP contribution in [0.1, 0.15) is 0 Å². The van der Waals surface area contributed by atoms with Gasteiger partial charge in [0.15, 0.2) is 0 Å². The lowest BCUT2D eigenvalue weighted by atomic mass is 10.3. The Bertz CT molecular complexity index is 417. The molecule has 0 heterocycles. The number of rotatable bonds is 3. The molecule has 6 heteroatoms. The average molecular weight is 257 g/mol. The maximum atomic E-state index is 11.8. The van der Waals surface area contributed by atoms with Gasteiger partial charge in [0.1, 0.15) is 6.54 Å². The van der Waals surface area contributed by atoms with Crippen molar-refractivity contribution < 1.29 is 14.7 Å². The number of hydrogen-bond acceptors (Lipinski definition) is 2. The molecule has 0 unspecified atom stereocenters. The highest BCUT2D eigenvalue weighted by Gasteiger charge is 2.20. The number of carbonyl (C=O) groups excluding carboxylic acids is 1. The molecule has 92 valence electrons. The van der Waals surface area contributed by atoms with Crippen LogP contribution in [0.15, 0.2) is 24.3 Å². The number of aliphatic carboxylic acids is 1. The summed E-state index contributed by atoms with van der Waals surface area (Å²) in [6.45, 7) is -0.390. The minimum Gasteiger partial charge on any atom is -0.480 e. The topological polar surface area (TPSA) is 60.9 Å². The van der Waals surface area contributed by atoms with Crippen molar-refractivity contribution in [3.8, 4) is 0 Å². The molecule has 0 saturated heterocycles. The highest BCUT2D eigenvalue weighted by atomic mass is 35.5. The van der Waals surface area contributed by atoms with E-state index in [2.05, 4.69) is 0 Å². The molecule has 1 aromatic carbocycles. The van der Waals surface area contributed by atoms with E-state index in [1.165, 1.54) is 9.80 Å². The Balaban J connectivity index is 3.01. The van der Waals surface area contributed by atoms with Crippen LogP contribution in [-0.4, -0.2) is 42.6 Å². The number of urea groups is 1. The Hall–Kier alpha value is -1.75. The minimum absolute atomic E-state index is 0.390. The molecule has 0 fully saturated rings. The van der Waals surface area contributed by atoms with Gasteiger partial charge in [-0.05, 0) is 24.3 Å².